The van der Waals surface area contributed by atoms with Gasteiger partial charge in [0.15, 0.2) is 0 Å². The second-order valence-corrected chi connectivity index (χ2v) is 5.12. The molecule has 2 heterocycles. The number of ether oxygens (including phenoxy) is 2. The standard InChI is InChI=1S/C15H20N4O2/c1-20-14-4-2-3-12(7-14)9-19-15(17-11-18-19)8-13-10-21-6-5-16-13/h2-4,7,11,13,16H,5-6,8-10H2,1H3/t13-/m0/s1. The molecule has 6 nitrogen and oxygen atoms in total. The van der Waals surface area contributed by atoms with Gasteiger partial charge >= 0.3 is 0 Å². The number of nitrogens with one attached hydrogen (secondary N) is 1. The summed E-state index contributed by atoms with van der Waals surface area (Å²) in [6, 6.07) is 8.33. The number of nitrogens with zero attached hydrogens (tertiary/aromatic N) is 3. The minimum absolute atomic E-state index is 0.312. The monoisotopic (exact) mass is 288 g/mol. The second kappa shape index (κ2) is 6.69. The molecular formula is C15H20N4O2. The van der Waals surface area contributed by atoms with E-state index in [1.165, 1.54) is 0 Å². The lowest BCUT2D eigenvalue weighted by atomic mass is 10.2. The Kier molecular flexibility index (Phi) is 4.47. The van der Waals surface area contributed by atoms with Crippen LogP contribution < -0.4 is 10.1 Å². The van der Waals surface area contributed by atoms with E-state index in [-0.39, 0.29) is 0 Å². The minimum atomic E-state index is 0.312. The molecule has 0 radical (unpaired) electrons. The van der Waals surface area contributed by atoms with E-state index in [2.05, 4.69) is 21.5 Å². The molecule has 112 valence electrons. The van der Waals surface area contributed by atoms with Gasteiger partial charge in [-0.25, -0.2) is 9.67 Å². The molecule has 1 aromatic heterocycles. The van der Waals surface area contributed by atoms with E-state index in [9.17, 15) is 0 Å². The Morgan fingerprint density at radius 1 is 1.48 bits per heavy atom. The maximum absolute atomic E-state index is 5.48. The third kappa shape index (κ3) is 3.59. The second-order valence-electron chi connectivity index (χ2n) is 5.12. The molecule has 1 fully saturated rings. The molecule has 1 aliphatic heterocycles. The van der Waals surface area contributed by atoms with Gasteiger partial charge in [0, 0.05) is 19.0 Å². The van der Waals surface area contributed by atoms with Crippen molar-refractivity contribution in [2.75, 3.05) is 26.9 Å². The topological polar surface area (TPSA) is 61.2 Å². The van der Waals surface area contributed by atoms with Gasteiger partial charge in [-0.2, -0.15) is 5.10 Å². The molecule has 0 bridgehead atoms. The summed E-state index contributed by atoms with van der Waals surface area (Å²) in [4.78, 5) is 4.37. The summed E-state index contributed by atoms with van der Waals surface area (Å²) in [6.07, 6.45) is 2.43. The van der Waals surface area contributed by atoms with Crippen LogP contribution in [0.1, 0.15) is 11.4 Å². The van der Waals surface area contributed by atoms with Crippen molar-refractivity contribution >= 4 is 0 Å². The Morgan fingerprint density at radius 3 is 3.24 bits per heavy atom. The van der Waals surface area contributed by atoms with Gasteiger partial charge in [0.05, 0.1) is 26.9 Å². The van der Waals surface area contributed by atoms with E-state index in [0.29, 0.717) is 12.6 Å². The van der Waals surface area contributed by atoms with Crippen LogP contribution in [0.5, 0.6) is 5.75 Å². The molecule has 6 heteroatoms. The van der Waals surface area contributed by atoms with Crippen LogP contribution in [0.3, 0.4) is 0 Å². The highest BCUT2D eigenvalue weighted by Gasteiger charge is 2.16. The van der Waals surface area contributed by atoms with E-state index in [1.54, 1.807) is 13.4 Å². The van der Waals surface area contributed by atoms with Crippen LogP contribution in [0.15, 0.2) is 30.6 Å². The maximum atomic E-state index is 5.48. The summed E-state index contributed by atoms with van der Waals surface area (Å²) in [6.45, 7) is 3.10. The smallest absolute Gasteiger partial charge is 0.138 e. The highest BCUT2D eigenvalue weighted by Crippen LogP contribution is 2.14. The van der Waals surface area contributed by atoms with Crippen LogP contribution in [0.4, 0.5) is 0 Å². The molecule has 0 spiro atoms. The van der Waals surface area contributed by atoms with Crippen LogP contribution >= 0.6 is 0 Å². The van der Waals surface area contributed by atoms with Crippen molar-refractivity contribution in [2.24, 2.45) is 0 Å². The highest BCUT2D eigenvalue weighted by atomic mass is 16.5. The number of morpholine rings is 1. The fourth-order valence-corrected chi connectivity index (χ4v) is 2.49. The first-order valence-electron chi connectivity index (χ1n) is 7.16. The van der Waals surface area contributed by atoms with Crippen LogP contribution in [-0.4, -0.2) is 47.7 Å². The van der Waals surface area contributed by atoms with Gasteiger partial charge in [0.2, 0.25) is 0 Å². The molecule has 3 rings (SSSR count). The van der Waals surface area contributed by atoms with Crippen molar-refractivity contribution in [3.05, 3.63) is 42.0 Å². The lowest BCUT2D eigenvalue weighted by Gasteiger charge is -2.23. The molecule has 0 saturated carbocycles. The Labute approximate surface area is 124 Å². The van der Waals surface area contributed by atoms with Crippen LogP contribution in [-0.2, 0) is 17.7 Å². The molecule has 0 amide bonds. The number of hydrogen-bond donors (Lipinski definition) is 1. The fraction of sp³-hybridized carbons (Fsp3) is 0.467. The number of aromatic nitrogens is 3. The van der Waals surface area contributed by atoms with Crippen molar-refractivity contribution in [3.8, 4) is 5.75 Å². The highest BCUT2D eigenvalue weighted by molar-refractivity contribution is 5.28. The van der Waals surface area contributed by atoms with Crippen molar-refractivity contribution in [1.82, 2.24) is 20.1 Å². The first kappa shape index (κ1) is 14.0. The van der Waals surface area contributed by atoms with Gasteiger partial charge < -0.3 is 14.8 Å². The predicted molar refractivity (Wildman–Crippen MR) is 78.4 cm³/mol. The van der Waals surface area contributed by atoms with Gasteiger partial charge in [-0.15, -0.1) is 0 Å². The SMILES string of the molecule is COc1cccc(Cn2ncnc2C[C@H]2COCCN2)c1. The van der Waals surface area contributed by atoms with Gasteiger partial charge in [-0.3, -0.25) is 0 Å². The normalized spacial score (nSPS) is 18.6. The number of hydrogen-bond acceptors (Lipinski definition) is 5. The summed E-state index contributed by atoms with van der Waals surface area (Å²) in [5, 5.41) is 7.77. The van der Waals surface area contributed by atoms with Gasteiger partial charge in [-0.05, 0) is 17.7 Å². The van der Waals surface area contributed by atoms with Crippen molar-refractivity contribution in [3.63, 3.8) is 0 Å². The fourth-order valence-electron chi connectivity index (χ4n) is 2.49. The molecular weight excluding hydrogens is 268 g/mol. The Morgan fingerprint density at radius 2 is 2.43 bits per heavy atom. The molecule has 1 aromatic carbocycles. The van der Waals surface area contributed by atoms with Gasteiger partial charge in [-0.1, -0.05) is 12.1 Å². The van der Waals surface area contributed by atoms with Crippen LogP contribution in [0.25, 0.3) is 0 Å². The van der Waals surface area contributed by atoms with Crippen LogP contribution in [0.2, 0.25) is 0 Å². The predicted octanol–water partition coefficient (Wildman–Crippen LogP) is 0.866. The summed E-state index contributed by atoms with van der Waals surface area (Å²) in [5.41, 5.74) is 1.15. The molecule has 0 aliphatic carbocycles. The zero-order valence-corrected chi connectivity index (χ0v) is 12.2. The maximum Gasteiger partial charge on any atom is 0.138 e. The average molecular weight is 288 g/mol. The lowest BCUT2D eigenvalue weighted by molar-refractivity contribution is 0.0761. The largest absolute Gasteiger partial charge is 0.497 e. The van der Waals surface area contributed by atoms with E-state index in [0.717, 1.165) is 43.3 Å². The summed E-state index contributed by atoms with van der Waals surface area (Å²) >= 11 is 0. The molecule has 2 aromatic rings. The molecule has 21 heavy (non-hydrogen) atoms. The third-order valence-electron chi connectivity index (χ3n) is 3.59. The van der Waals surface area contributed by atoms with Gasteiger partial charge in [0.1, 0.15) is 17.9 Å². The first-order valence-corrected chi connectivity index (χ1v) is 7.16. The van der Waals surface area contributed by atoms with E-state index < -0.39 is 0 Å². The molecule has 1 saturated heterocycles. The number of methoxy groups -OCH3 is 1. The Bertz CT molecular complexity index is 579. The molecule has 1 N–H and O–H groups in total. The van der Waals surface area contributed by atoms with Crippen molar-refractivity contribution < 1.29 is 9.47 Å². The van der Waals surface area contributed by atoms with Crippen molar-refractivity contribution in [2.45, 2.75) is 19.0 Å². The summed E-state index contributed by atoms with van der Waals surface area (Å²) in [7, 11) is 1.68. The zero-order chi connectivity index (χ0) is 14.5. The summed E-state index contributed by atoms with van der Waals surface area (Å²) < 4.78 is 12.7. The Hall–Kier alpha value is -1.92. The van der Waals surface area contributed by atoms with Gasteiger partial charge in [0.25, 0.3) is 0 Å². The van der Waals surface area contributed by atoms with E-state index in [1.807, 2.05) is 22.9 Å². The summed E-state index contributed by atoms with van der Waals surface area (Å²) in [5.74, 6) is 1.83. The molecule has 0 unspecified atom stereocenters. The average Bonchev–Trinajstić information content (AvgIpc) is 2.95. The van der Waals surface area contributed by atoms with E-state index >= 15 is 0 Å². The Balaban J connectivity index is 1.69. The first-order chi connectivity index (χ1) is 10.3. The third-order valence-corrected chi connectivity index (χ3v) is 3.59. The quantitative estimate of drug-likeness (QED) is 0.884. The molecule has 1 aliphatic rings. The van der Waals surface area contributed by atoms with Crippen LogP contribution in [0, 0.1) is 0 Å². The number of rotatable bonds is 5. The van der Waals surface area contributed by atoms with Crippen molar-refractivity contribution in [1.29, 1.82) is 0 Å². The van der Waals surface area contributed by atoms with E-state index in [4.69, 9.17) is 9.47 Å². The number of benzene rings is 1. The lowest BCUT2D eigenvalue weighted by Crippen LogP contribution is -2.43. The molecule has 1 atom stereocenters. The minimum Gasteiger partial charge on any atom is -0.497 e. The zero-order valence-electron chi connectivity index (χ0n) is 12.2.